The molecule has 0 fully saturated rings. The number of hydrogen-bond donors (Lipinski definition) is 1. The van der Waals surface area contributed by atoms with E-state index >= 15 is 0 Å². The summed E-state index contributed by atoms with van der Waals surface area (Å²) in [4.78, 5) is 4.35. The summed E-state index contributed by atoms with van der Waals surface area (Å²) in [6.07, 6.45) is 0.943. The van der Waals surface area contributed by atoms with Gasteiger partial charge in [0.25, 0.3) is 0 Å². The smallest absolute Gasteiger partial charge is 0.201 e. The molecule has 0 radical (unpaired) electrons. The summed E-state index contributed by atoms with van der Waals surface area (Å²) >= 11 is 2.27. The van der Waals surface area contributed by atoms with Crippen molar-refractivity contribution in [2.24, 2.45) is 0 Å². The van der Waals surface area contributed by atoms with Crippen molar-refractivity contribution in [3.05, 3.63) is 21.8 Å². The number of nitrogen functional groups attached to an aromatic ring is 1. The third-order valence-electron chi connectivity index (χ3n) is 2.47. The standard InChI is InChI=1S/C11H14IN3O/c1-16-6-2-5-15-10-4-3-8(12)7-9(10)14-11(15)13/h3-4,7H,2,5-6H2,1H3,(H2,13,14). The molecule has 1 aromatic carbocycles. The molecule has 0 bridgehead atoms. The third-order valence-corrected chi connectivity index (χ3v) is 3.14. The van der Waals surface area contributed by atoms with Crippen LogP contribution in [-0.2, 0) is 11.3 Å². The number of aromatic nitrogens is 2. The van der Waals surface area contributed by atoms with E-state index in [2.05, 4.69) is 39.7 Å². The predicted octanol–water partition coefficient (Wildman–Crippen LogP) is 2.26. The van der Waals surface area contributed by atoms with E-state index in [1.165, 1.54) is 3.57 Å². The van der Waals surface area contributed by atoms with Crippen LogP contribution in [0, 0.1) is 3.57 Å². The maximum absolute atomic E-state index is 5.89. The van der Waals surface area contributed by atoms with E-state index in [-0.39, 0.29) is 0 Å². The van der Waals surface area contributed by atoms with Crippen molar-refractivity contribution in [2.45, 2.75) is 13.0 Å². The van der Waals surface area contributed by atoms with E-state index < -0.39 is 0 Å². The van der Waals surface area contributed by atoms with Gasteiger partial charge in [0, 0.05) is 23.8 Å². The fourth-order valence-corrected chi connectivity index (χ4v) is 2.20. The predicted molar refractivity (Wildman–Crippen MR) is 73.4 cm³/mol. The minimum absolute atomic E-state index is 0.577. The van der Waals surface area contributed by atoms with Crippen molar-refractivity contribution in [2.75, 3.05) is 19.5 Å². The Balaban J connectivity index is 2.32. The highest BCUT2D eigenvalue weighted by molar-refractivity contribution is 14.1. The molecule has 0 spiro atoms. The van der Waals surface area contributed by atoms with Gasteiger partial charge in [0.05, 0.1) is 11.0 Å². The molecule has 0 saturated heterocycles. The maximum atomic E-state index is 5.89. The highest BCUT2D eigenvalue weighted by Gasteiger charge is 2.07. The lowest BCUT2D eigenvalue weighted by Crippen LogP contribution is -2.05. The largest absolute Gasteiger partial charge is 0.385 e. The highest BCUT2D eigenvalue weighted by atomic mass is 127. The summed E-state index contributed by atoms with van der Waals surface area (Å²) in [6, 6.07) is 6.17. The fraction of sp³-hybridized carbons (Fsp3) is 0.364. The van der Waals surface area contributed by atoms with Crippen molar-refractivity contribution in [1.82, 2.24) is 9.55 Å². The Morgan fingerprint density at radius 3 is 3.06 bits per heavy atom. The molecule has 1 heterocycles. The number of benzene rings is 1. The first-order valence-corrected chi connectivity index (χ1v) is 6.20. The van der Waals surface area contributed by atoms with E-state index in [0.717, 1.165) is 30.6 Å². The van der Waals surface area contributed by atoms with Gasteiger partial charge < -0.3 is 15.0 Å². The summed E-state index contributed by atoms with van der Waals surface area (Å²) in [5.41, 5.74) is 7.95. The van der Waals surface area contributed by atoms with Gasteiger partial charge in [-0.3, -0.25) is 0 Å². The van der Waals surface area contributed by atoms with Crippen LogP contribution in [0.3, 0.4) is 0 Å². The lowest BCUT2D eigenvalue weighted by molar-refractivity contribution is 0.191. The van der Waals surface area contributed by atoms with Crippen LogP contribution in [0.4, 0.5) is 5.95 Å². The molecule has 2 N–H and O–H groups in total. The Morgan fingerprint density at radius 2 is 2.31 bits per heavy atom. The van der Waals surface area contributed by atoms with Crippen molar-refractivity contribution in [3.8, 4) is 0 Å². The third kappa shape index (κ3) is 2.30. The Labute approximate surface area is 108 Å². The van der Waals surface area contributed by atoms with E-state index in [4.69, 9.17) is 10.5 Å². The average Bonchev–Trinajstić information content (AvgIpc) is 2.55. The number of hydrogen-bond acceptors (Lipinski definition) is 3. The highest BCUT2D eigenvalue weighted by Crippen LogP contribution is 2.20. The maximum Gasteiger partial charge on any atom is 0.201 e. The number of fused-ring (bicyclic) bond motifs is 1. The molecule has 1 aromatic heterocycles. The average molecular weight is 331 g/mol. The molecule has 86 valence electrons. The monoisotopic (exact) mass is 331 g/mol. The number of anilines is 1. The molecule has 0 aliphatic heterocycles. The second-order valence-electron chi connectivity index (χ2n) is 3.60. The van der Waals surface area contributed by atoms with E-state index in [1.54, 1.807) is 7.11 Å². The summed E-state index contributed by atoms with van der Waals surface area (Å²) < 4.78 is 8.24. The van der Waals surface area contributed by atoms with Gasteiger partial charge in [-0.1, -0.05) is 0 Å². The molecule has 5 heteroatoms. The molecule has 2 aromatic rings. The fourth-order valence-electron chi connectivity index (χ4n) is 1.72. The van der Waals surface area contributed by atoms with Crippen LogP contribution in [0.2, 0.25) is 0 Å². The molecular weight excluding hydrogens is 317 g/mol. The first-order valence-electron chi connectivity index (χ1n) is 5.12. The number of nitrogens with zero attached hydrogens (tertiary/aromatic N) is 2. The topological polar surface area (TPSA) is 53.1 Å². The normalized spacial score (nSPS) is 11.1. The van der Waals surface area contributed by atoms with Crippen LogP contribution < -0.4 is 5.73 Å². The summed E-state index contributed by atoms with van der Waals surface area (Å²) in [5, 5.41) is 0. The van der Waals surface area contributed by atoms with Crippen LogP contribution in [0.5, 0.6) is 0 Å². The van der Waals surface area contributed by atoms with Crippen LogP contribution in [-0.4, -0.2) is 23.3 Å². The van der Waals surface area contributed by atoms with Gasteiger partial charge in [0.2, 0.25) is 5.95 Å². The minimum atomic E-state index is 0.577. The summed E-state index contributed by atoms with van der Waals surface area (Å²) in [6.45, 7) is 1.58. The lowest BCUT2D eigenvalue weighted by atomic mass is 10.3. The molecule has 0 atom stereocenters. The van der Waals surface area contributed by atoms with Gasteiger partial charge in [-0.05, 0) is 47.2 Å². The van der Waals surface area contributed by atoms with Crippen molar-refractivity contribution in [3.63, 3.8) is 0 Å². The molecule has 0 saturated carbocycles. The van der Waals surface area contributed by atoms with Gasteiger partial charge in [0.1, 0.15) is 0 Å². The molecule has 2 rings (SSSR count). The van der Waals surface area contributed by atoms with Gasteiger partial charge in [-0.25, -0.2) is 4.98 Å². The van der Waals surface area contributed by atoms with Gasteiger partial charge in [-0.15, -0.1) is 0 Å². The zero-order valence-electron chi connectivity index (χ0n) is 9.11. The van der Waals surface area contributed by atoms with Crippen molar-refractivity contribution in [1.29, 1.82) is 0 Å². The number of imidazole rings is 1. The number of ether oxygens (including phenoxy) is 1. The number of halogens is 1. The Bertz CT molecular complexity index is 495. The zero-order valence-corrected chi connectivity index (χ0v) is 11.3. The summed E-state index contributed by atoms with van der Waals surface area (Å²) in [7, 11) is 1.71. The molecule has 0 aliphatic carbocycles. The number of aryl methyl sites for hydroxylation is 1. The number of methoxy groups -OCH3 is 1. The van der Waals surface area contributed by atoms with Crippen molar-refractivity contribution >= 4 is 39.6 Å². The van der Waals surface area contributed by atoms with E-state index in [0.29, 0.717) is 5.95 Å². The molecule has 4 nitrogen and oxygen atoms in total. The number of nitrogens with two attached hydrogens (primary N) is 1. The Kier molecular flexibility index (Phi) is 3.65. The second kappa shape index (κ2) is 5.01. The first-order chi connectivity index (χ1) is 7.72. The molecular formula is C11H14IN3O. The first kappa shape index (κ1) is 11.7. The molecule has 0 unspecified atom stereocenters. The van der Waals surface area contributed by atoms with Crippen LogP contribution in [0.25, 0.3) is 11.0 Å². The SMILES string of the molecule is COCCCn1c(N)nc2cc(I)ccc21. The summed E-state index contributed by atoms with van der Waals surface area (Å²) in [5.74, 6) is 0.577. The van der Waals surface area contributed by atoms with Gasteiger partial charge >= 0.3 is 0 Å². The zero-order chi connectivity index (χ0) is 11.5. The molecule has 0 aliphatic rings. The lowest BCUT2D eigenvalue weighted by Gasteiger charge is -2.05. The van der Waals surface area contributed by atoms with Gasteiger partial charge in [-0.2, -0.15) is 0 Å². The molecule has 0 amide bonds. The van der Waals surface area contributed by atoms with Gasteiger partial charge in [0.15, 0.2) is 0 Å². The van der Waals surface area contributed by atoms with Crippen LogP contribution in [0.1, 0.15) is 6.42 Å². The second-order valence-corrected chi connectivity index (χ2v) is 4.85. The minimum Gasteiger partial charge on any atom is -0.385 e. The van der Waals surface area contributed by atoms with Crippen molar-refractivity contribution < 1.29 is 4.74 Å². The van der Waals surface area contributed by atoms with E-state index in [1.807, 2.05) is 10.6 Å². The Morgan fingerprint density at radius 1 is 1.50 bits per heavy atom. The van der Waals surface area contributed by atoms with Crippen LogP contribution in [0.15, 0.2) is 18.2 Å². The quantitative estimate of drug-likeness (QED) is 0.691. The number of rotatable bonds is 4. The van der Waals surface area contributed by atoms with E-state index in [9.17, 15) is 0 Å². The molecule has 16 heavy (non-hydrogen) atoms. The van der Waals surface area contributed by atoms with Crippen LogP contribution >= 0.6 is 22.6 Å². The Hall–Kier alpha value is -0.820.